The number of ether oxygens (including phenoxy) is 4. The number of benzene rings is 4. The van der Waals surface area contributed by atoms with Gasteiger partial charge in [-0.1, -0.05) is 42.9 Å². The van der Waals surface area contributed by atoms with E-state index in [0.29, 0.717) is 73.9 Å². The molecule has 0 aromatic heterocycles. The van der Waals surface area contributed by atoms with Crippen LogP contribution in [0.3, 0.4) is 0 Å². The minimum atomic E-state index is -5.36. The summed E-state index contributed by atoms with van der Waals surface area (Å²) < 4.78 is 236. The van der Waals surface area contributed by atoms with Gasteiger partial charge in [0.25, 0.3) is 50.6 Å². The van der Waals surface area contributed by atoms with Gasteiger partial charge in [0.2, 0.25) is 5.69 Å². The predicted octanol–water partition coefficient (Wildman–Crippen LogP) is 6.00. The Morgan fingerprint density at radius 2 is 1.12 bits per heavy atom. The normalized spacial score (nSPS) is 18.5. The van der Waals surface area contributed by atoms with Crippen LogP contribution in [-0.2, 0) is 95.3 Å². The molecule has 0 saturated carbocycles. The Balaban J connectivity index is 1.47. The highest BCUT2D eigenvalue weighted by Crippen LogP contribution is 2.54. The van der Waals surface area contributed by atoms with Crippen LogP contribution in [0.4, 0.5) is 11.4 Å². The Hall–Kier alpha value is -5.40. The van der Waals surface area contributed by atoms with E-state index in [4.69, 9.17) is 18.9 Å². The number of rotatable bonds is 34. The van der Waals surface area contributed by atoms with Gasteiger partial charge >= 0.3 is 5.97 Å². The molecular formula is C54H68N2O24S6. The van der Waals surface area contributed by atoms with E-state index in [1.54, 1.807) is 74.1 Å². The second-order valence-corrected chi connectivity index (χ2v) is 29.4. The number of anilines is 1. The summed E-state index contributed by atoms with van der Waals surface area (Å²) in [5.41, 5.74) is -0.500. The van der Waals surface area contributed by atoms with E-state index in [1.165, 1.54) is 18.2 Å². The van der Waals surface area contributed by atoms with Gasteiger partial charge in [0.05, 0.1) is 71.2 Å². The molecule has 0 saturated heterocycles. The zero-order valence-electron chi connectivity index (χ0n) is 47.0. The quantitative estimate of drug-likeness (QED) is 0.0135. The number of fused-ring (bicyclic) bond motifs is 6. The Morgan fingerprint density at radius 1 is 0.581 bits per heavy atom. The molecule has 26 nitrogen and oxygen atoms in total. The molecule has 2 aliphatic rings. The summed E-state index contributed by atoms with van der Waals surface area (Å²) in [6, 6.07) is 8.81. The number of carbonyl (C=O) groups is 1. The summed E-state index contributed by atoms with van der Waals surface area (Å²) in [6.07, 6.45) is 11.9. The fraction of sp³-hybridized carbons (Fsp3) is 0.444. The van der Waals surface area contributed by atoms with Gasteiger partial charge in [0.1, 0.15) is 21.6 Å². The van der Waals surface area contributed by atoms with Crippen molar-refractivity contribution in [2.45, 2.75) is 95.6 Å². The van der Waals surface area contributed by atoms with Crippen LogP contribution in [0.1, 0.15) is 76.3 Å². The van der Waals surface area contributed by atoms with Gasteiger partial charge in [0, 0.05) is 73.0 Å². The highest BCUT2D eigenvalue weighted by molar-refractivity contribution is 7.87. The number of carboxylic acid groups (broad SMARTS) is 1. The van der Waals surface area contributed by atoms with E-state index < -0.39 is 109 Å². The van der Waals surface area contributed by atoms with Crippen LogP contribution in [0.2, 0.25) is 0 Å². The first kappa shape index (κ1) is 69.7. The van der Waals surface area contributed by atoms with Crippen molar-refractivity contribution in [3.8, 4) is 0 Å². The number of nitrogens with zero attached hydrogens (tertiary/aromatic N) is 2. The van der Waals surface area contributed by atoms with Crippen LogP contribution in [0.5, 0.6) is 0 Å². The summed E-state index contributed by atoms with van der Waals surface area (Å²) in [4.78, 5) is 9.75. The Labute approximate surface area is 500 Å². The molecule has 6 rings (SSSR count). The van der Waals surface area contributed by atoms with Gasteiger partial charge in [-0.3, -0.25) is 27.6 Å². The summed E-state index contributed by atoms with van der Waals surface area (Å²) in [7, 11) is -28.4. The lowest BCUT2D eigenvalue weighted by Crippen LogP contribution is -2.32. The maximum Gasteiger partial charge on any atom is 0.303 e. The second kappa shape index (κ2) is 28.4. The number of hydrogen-bond acceptors (Lipinski definition) is 19. The first-order valence-electron chi connectivity index (χ1n) is 26.6. The minimum Gasteiger partial charge on any atom is -0.744 e. The van der Waals surface area contributed by atoms with E-state index in [1.807, 2.05) is 4.90 Å². The molecule has 474 valence electrons. The summed E-state index contributed by atoms with van der Waals surface area (Å²) in [6.45, 7) is 5.22. The van der Waals surface area contributed by atoms with Crippen LogP contribution in [0, 0.1) is 0 Å². The van der Waals surface area contributed by atoms with Crippen LogP contribution >= 0.6 is 0 Å². The average Bonchev–Trinajstić information content (AvgIpc) is 1.52. The van der Waals surface area contributed by atoms with Crippen molar-refractivity contribution in [2.24, 2.45) is 0 Å². The lowest BCUT2D eigenvalue weighted by molar-refractivity contribution is -0.437. The number of unbranched alkanes of at least 4 members (excludes halogenated alkanes) is 2. The maximum absolute atomic E-state index is 12.8. The van der Waals surface area contributed by atoms with E-state index in [0.717, 1.165) is 12.1 Å². The topological polar surface area (TPSA) is 410 Å². The van der Waals surface area contributed by atoms with Crippen LogP contribution in [0.15, 0.2) is 116 Å². The smallest absolute Gasteiger partial charge is 0.303 e. The molecule has 0 bridgehead atoms. The first-order valence-corrected chi connectivity index (χ1v) is 35.6. The van der Waals surface area contributed by atoms with Crippen molar-refractivity contribution in [3.05, 3.63) is 108 Å². The summed E-state index contributed by atoms with van der Waals surface area (Å²) in [5.74, 6) is -2.48. The SMILES string of the molecule is COCCOCCOCCOCCC1(C)\C(=C/C=C/C=C/C=C/C2=[N+](CCCS(=O)(=O)O)c3ccc4c(S(=O)(=O)O)cc(S(=O)(=O)O)cc4c3C2(C)CCCS(=O)(=O)O)N(CCCCCC(=O)O)c2ccc3c(S(=O)(=O)[O-])cc(S(=O)(=O)O)cc3c21. The standard InChI is InChI=1S/C54H68N2O24S6/c1-53(21-12-32-81(59,60)61)48(56(24-13-33-82(62,63)64)44-19-17-40-42(51(44)53)34-38(83(65,66)67)36-46(40)85(71,72)73)14-8-5-4-6-9-15-49-54(2,22-25-78-28-29-80-31-30-79-27-26-77-3)52-43-35-39(84(68,69)70)37-47(86(74,75)76)41(43)18-20-45(52)55(49)23-11-7-10-16-50(57)58/h4-6,8-9,14-15,17-20,34-37H,7,10-13,16,21-33H2,1-3H3,(H6-,57,58,59,60,61,62,63,64,65,66,67,68,69,70,71,72,73,74,75,76). The molecule has 0 spiro atoms. The Kier molecular flexibility index (Phi) is 23.0. The molecule has 6 N–H and O–H groups in total. The van der Waals surface area contributed by atoms with Gasteiger partial charge < -0.3 is 33.5 Å². The molecule has 0 radical (unpaired) electrons. The van der Waals surface area contributed by atoms with Crippen LogP contribution in [-0.4, -0.2) is 177 Å². The largest absolute Gasteiger partial charge is 0.744 e. The molecule has 0 fully saturated rings. The number of allylic oxidation sites excluding steroid dienone is 8. The van der Waals surface area contributed by atoms with Gasteiger partial charge in [-0.25, -0.2) is 8.42 Å². The third-order valence-corrected chi connectivity index (χ3v) is 19.7. The van der Waals surface area contributed by atoms with Gasteiger partial charge in [-0.2, -0.15) is 46.7 Å². The Morgan fingerprint density at radius 3 is 1.69 bits per heavy atom. The van der Waals surface area contributed by atoms with Gasteiger partial charge in [0.15, 0.2) is 5.71 Å². The highest BCUT2D eigenvalue weighted by Gasteiger charge is 2.49. The molecule has 86 heavy (non-hydrogen) atoms. The number of methoxy groups -OCH3 is 1. The highest BCUT2D eigenvalue weighted by atomic mass is 32.2. The van der Waals surface area contributed by atoms with Crippen molar-refractivity contribution in [3.63, 3.8) is 0 Å². The van der Waals surface area contributed by atoms with Crippen molar-refractivity contribution in [1.82, 2.24) is 0 Å². The summed E-state index contributed by atoms with van der Waals surface area (Å²) in [5, 5.41) is 8.91. The molecule has 4 aromatic rings. The molecule has 4 aromatic carbocycles. The zero-order valence-corrected chi connectivity index (χ0v) is 51.9. The molecule has 2 aliphatic heterocycles. The van der Waals surface area contributed by atoms with Gasteiger partial charge in [-0.05, 0) is 110 Å². The third-order valence-electron chi connectivity index (χ3n) is 14.6. The van der Waals surface area contributed by atoms with Gasteiger partial charge in [-0.15, -0.1) is 0 Å². The number of aliphatic carboxylic acids is 1. The van der Waals surface area contributed by atoms with Crippen molar-refractivity contribution < 1.29 is 111 Å². The molecule has 2 heterocycles. The number of carboxylic acids is 1. The molecule has 0 amide bonds. The number of hydrogen-bond donors (Lipinski definition) is 6. The fourth-order valence-electron chi connectivity index (χ4n) is 10.9. The molecular weight excluding hydrogens is 1250 g/mol. The second-order valence-electron chi connectivity index (χ2n) is 20.7. The van der Waals surface area contributed by atoms with Crippen LogP contribution in [0.25, 0.3) is 21.5 Å². The lowest BCUT2D eigenvalue weighted by Gasteiger charge is -2.31. The van der Waals surface area contributed by atoms with E-state index >= 15 is 0 Å². The van der Waals surface area contributed by atoms with Crippen molar-refractivity contribution >= 4 is 105 Å². The van der Waals surface area contributed by atoms with Crippen molar-refractivity contribution in [1.29, 1.82) is 0 Å². The first-order chi connectivity index (χ1) is 40.0. The Bertz CT molecular complexity index is 4090. The zero-order chi connectivity index (χ0) is 63.7. The average molecular weight is 1320 g/mol. The van der Waals surface area contributed by atoms with E-state index in [9.17, 15) is 87.7 Å². The maximum atomic E-state index is 12.8. The molecule has 0 aliphatic carbocycles. The fourth-order valence-corrected chi connectivity index (χ4v) is 14.6. The molecule has 2 unspecified atom stereocenters. The van der Waals surface area contributed by atoms with Crippen molar-refractivity contribution in [2.75, 3.05) is 82.9 Å². The molecule has 2 atom stereocenters. The van der Waals surface area contributed by atoms with E-state index in [2.05, 4.69) is 0 Å². The molecule has 32 heteroatoms. The third kappa shape index (κ3) is 17.7. The summed E-state index contributed by atoms with van der Waals surface area (Å²) >= 11 is 0. The minimum absolute atomic E-state index is 0.0222. The predicted molar refractivity (Wildman–Crippen MR) is 314 cm³/mol. The monoisotopic (exact) mass is 1320 g/mol. The van der Waals surface area contributed by atoms with Crippen LogP contribution < -0.4 is 4.90 Å². The van der Waals surface area contributed by atoms with E-state index in [-0.39, 0.29) is 104 Å². The lowest BCUT2D eigenvalue weighted by atomic mass is 9.74.